The number of hydrogen-bond donors (Lipinski definition) is 1. The van der Waals surface area contributed by atoms with Gasteiger partial charge >= 0.3 is 0 Å². The summed E-state index contributed by atoms with van der Waals surface area (Å²) in [6.07, 6.45) is 0. The first-order chi connectivity index (χ1) is 7.65. The van der Waals surface area contributed by atoms with Crippen LogP contribution >= 0.6 is 23.2 Å². The molecule has 3 nitrogen and oxygen atoms in total. The summed E-state index contributed by atoms with van der Waals surface area (Å²) in [6.45, 7) is 2.41. The quantitative estimate of drug-likeness (QED) is 0.836. The first-order valence-corrected chi connectivity index (χ1v) is 5.84. The number of Topliss-reactive ketones (excluding diaryl/α,β-unsaturated/α-hetero) is 1. The van der Waals surface area contributed by atoms with Gasteiger partial charge in [0.15, 0.2) is 5.78 Å². The molecule has 0 amide bonds. The first kappa shape index (κ1) is 11.7. The largest absolute Gasteiger partial charge is 0.363 e. The lowest BCUT2D eigenvalue weighted by Gasteiger charge is -2.21. The Morgan fingerprint density at radius 3 is 2.56 bits per heavy atom. The molecule has 1 N–H and O–H groups in total. The van der Waals surface area contributed by atoms with Crippen LogP contribution in [0, 0.1) is 0 Å². The maximum Gasteiger partial charge on any atom is 0.165 e. The minimum Gasteiger partial charge on any atom is -0.363 e. The number of anilines is 1. The Hall–Kier alpha value is -0.770. The van der Waals surface area contributed by atoms with Gasteiger partial charge in [0.1, 0.15) is 0 Å². The predicted octanol–water partition coefficient (Wildman–Crippen LogP) is 1.97. The minimum atomic E-state index is 0.175. The summed E-state index contributed by atoms with van der Waals surface area (Å²) in [5, 5.41) is 4.25. The minimum absolute atomic E-state index is 0.175. The lowest BCUT2D eigenvalue weighted by molar-refractivity contribution is -0.116. The topological polar surface area (TPSA) is 32.3 Å². The zero-order valence-corrected chi connectivity index (χ0v) is 10.2. The average Bonchev–Trinajstić information content (AvgIpc) is 2.41. The fraction of sp³-hybridized carbons (Fsp3) is 0.364. The molecule has 0 spiro atoms. The van der Waals surface area contributed by atoms with E-state index in [0.717, 1.165) is 18.8 Å². The van der Waals surface area contributed by atoms with E-state index in [1.165, 1.54) is 0 Å². The molecule has 0 aromatic heterocycles. The number of nitrogens with one attached hydrogen (secondary N) is 1. The van der Waals surface area contributed by atoms with Crippen molar-refractivity contribution in [3.63, 3.8) is 0 Å². The van der Waals surface area contributed by atoms with Crippen molar-refractivity contribution in [1.82, 2.24) is 5.32 Å². The van der Waals surface area contributed by atoms with Gasteiger partial charge in [-0.1, -0.05) is 23.2 Å². The third-order valence-corrected chi connectivity index (χ3v) is 2.90. The third kappa shape index (κ3) is 2.88. The molecule has 1 aromatic rings. The number of halogens is 2. The van der Waals surface area contributed by atoms with Gasteiger partial charge in [-0.15, -0.1) is 0 Å². The van der Waals surface area contributed by atoms with Crippen molar-refractivity contribution in [2.75, 3.05) is 31.1 Å². The van der Waals surface area contributed by atoms with Gasteiger partial charge in [-0.25, -0.2) is 0 Å². The molecule has 1 fully saturated rings. The summed E-state index contributed by atoms with van der Waals surface area (Å²) in [5.41, 5.74) is 0.898. The SMILES string of the molecule is O=C1CNCCN(c2cc(Cl)cc(Cl)c2)C1. The lowest BCUT2D eigenvalue weighted by Crippen LogP contribution is -2.29. The van der Waals surface area contributed by atoms with E-state index in [0.29, 0.717) is 23.1 Å². The van der Waals surface area contributed by atoms with Crippen molar-refractivity contribution in [3.8, 4) is 0 Å². The number of hydrogen-bond acceptors (Lipinski definition) is 3. The molecule has 2 rings (SSSR count). The smallest absolute Gasteiger partial charge is 0.165 e. The van der Waals surface area contributed by atoms with E-state index >= 15 is 0 Å². The highest BCUT2D eigenvalue weighted by molar-refractivity contribution is 6.35. The van der Waals surface area contributed by atoms with Crippen LogP contribution in [0.1, 0.15) is 0 Å². The van der Waals surface area contributed by atoms with Crippen molar-refractivity contribution >= 4 is 34.7 Å². The second-order valence-corrected chi connectivity index (χ2v) is 4.64. The van der Waals surface area contributed by atoms with Gasteiger partial charge in [-0.05, 0) is 18.2 Å². The van der Waals surface area contributed by atoms with Crippen molar-refractivity contribution in [2.45, 2.75) is 0 Å². The second-order valence-electron chi connectivity index (χ2n) is 3.76. The van der Waals surface area contributed by atoms with Crippen LogP contribution in [0.4, 0.5) is 5.69 Å². The van der Waals surface area contributed by atoms with E-state index in [4.69, 9.17) is 23.2 Å². The number of nitrogens with zero attached hydrogens (tertiary/aromatic N) is 1. The Bertz CT molecular complexity index is 389. The molecule has 16 heavy (non-hydrogen) atoms. The Morgan fingerprint density at radius 1 is 1.19 bits per heavy atom. The molecular formula is C11H12Cl2N2O. The van der Waals surface area contributed by atoms with Gasteiger partial charge in [0, 0.05) is 28.8 Å². The van der Waals surface area contributed by atoms with Crippen molar-refractivity contribution < 1.29 is 4.79 Å². The average molecular weight is 259 g/mol. The summed E-state index contributed by atoms with van der Waals surface area (Å²) in [6, 6.07) is 5.34. The summed E-state index contributed by atoms with van der Waals surface area (Å²) in [5.74, 6) is 0.175. The van der Waals surface area contributed by atoms with Gasteiger partial charge in [-0.2, -0.15) is 0 Å². The third-order valence-electron chi connectivity index (χ3n) is 2.46. The molecule has 0 atom stereocenters. The van der Waals surface area contributed by atoms with Crippen molar-refractivity contribution in [2.24, 2.45) is 0 Å². The molecule has 0 aliphatic carbocycles. The predicted molar refractivity (Wildman–Crippen MR) is 66.6 cm³/mol. The Balaban J connectivity index is 2.24. The van der Waals surface area contributed by atoms with E-state index in [1.807, 2.05) is 17.0 Å². The number of benzene rings is 1. The highest BCUT2D eigenvalue weighted by Gasteiger charge is 2.15. The number of rotatable bonds is 1. The molecular weight excluding hydrogens is 247 g/mol. The molecule has 1 heterocycles. The molecule has 0 saturated carbocycles. The molecule has 5 heteroatoms. The van der Waals surface area contributed by atoms with E-state index in [1.54, 1.807) is 6.07 Å². The van der Waals surface area contributed by atoms with Crippen LogP contribution in [0.2, 0.25) is 10.0 Å². The second kappa shape index (κ2) is 5.04. The molecule has 1 aliphatic rings. The van der Waals surface area contributed by atoms with E-state index in [2.05, 4.69) is 5.32 Å². The molecule has 1 aromatic carbocycles. The van der Waals surface area contributed by atoms with Crippen LogP contribution in [-0.2, 0) is 4.79 Å². The molecule has 0 bridgehead atoms. The first-order valence-electron chi connectivity index (χ1n) is 5.08. The summed E-state index contributed by atoms with van der Waals surface area (Å²) >= 11 is 11.9. The van der Waals surface area contributed by atoms with Crippen molar-refractivity contribution in [1.29, 1.82) is 0 Å². The van der Waals surface area contributed by atoms with Gasteiger partial charge in [0.25, 0.3) is 0 Å². The normalized spacial score (nSPS) is 17.4. The van der Waals surface area contributed by atoms with Crippen LogP contribution in [0.5, 0.6) is 0 Å². The molecule has 0 radical (unpaired) electrons. The Labute approximate surface area is 104 Å². The Morgan fingerprint density at radius 2 is 1.88 bits per heavy atom. The van der Waals surface area contributed by atoms with E-state index in [-0.39, 0.29) is 5.78 Å². The highest BCUT2D eigenvalue weighted by atomic mass is 35.5. The monoisotopic (exact) mass is 258 g/mol. The number of carbonyl (C=O) groups excluding carboxylic acids is 1. The van der Waals surface area contributed by atoms with Gasteiger partial charge in [0.05, 0.1) is 13.1 Å². The van der Waals surface area contributed by atoms with Gasteiger partial charge in [0.2, 0.25) is 0 Å². The van der Waals surface area contributed by atoms with E-state index < -0.39 is 0 Å². The fourth-order valence-corrected chi connectivity index (χ4v) is 2.25. The molecule has 1 aliphatic heterocycles. The number of ketones is 1. The maximum absolute atomic E-state index is 11.5. The summed E-state index contributed by atoms with van der Waals surface area (Å²) in [7, 11) is 0. The maximum atomic E-state index is 11.5. The van der Waals surface area contributed by atoms with Crippen LogP contribution in [0.15, 0.2) is 18.2 Å². The summed E-state index contributed by atoms with van der Waals surface area (Å²) in [4.78, 5) is 13.5. The summed E-state index contributed by atoms with van der Waals surface area (Å²) < 4.78 is 0. The number of carbonyl (C=O) groups is 1. The van der Waals surface area contributed by atoms with Crippen LogP contribution in [-0.4, -0.2) is 32.0 Å². The van der Waals surface area contributed by atoms with Crippen LogP contribution in [0.3, 0.4) is 0 Å². The van der Waals surface area contributed by atoms with Gasteiger partial charge < -0.3 is 10.2 Å². The van der Waals surface area contributed by atoms with Crippen LogP contribution in [0.25, 0.3) is 0 Å². The van der Waals surface area contributed by atoms with Gasteiger partial charge in [-0.3, -0.25) is 4.79 Å². The molecule has 86 valence electrons. The van der Waals surface area contributed by atoms with Crippen LogP contribution < -0.4 is 10.2 Å². The Kier molecular flexibility index (Phi) is 3.69. The lowest BCUT2D eigenvalue weighted by atomic mass is 10.2. The zero-order chi connectivity index (χ0) is 11.5. The molecule has 0 unspecified atom stereocenters. The van der Waals surface area contributed by atoms with E-state index in [9.17, 15) is 4.79 Å². The standard InChI is InChI=1S/C11H12Cl2N2O/c12-8-3-9(13)5-10(4-8)15-2-1-14-6-11(16)7-15/h3-5,14H,1-2,6-7H2. The molecule has 1 saturated heterocycles. The highest BCUT2D eigenvalue weighted by Crippen LogP contribution is 2.25. The zero-order valence-electron chi connectivity index (χ0n) is 8.67. The van der Waals surface area contributed by atoms with Crippen molar-refractivity contribution in [3.05, 3.63) is 28.2 Å². The fourth-order valence-electron chi connectivity index (χ4n) is 1.73.